The number of carbonyl (C=O) groups excluding carboxylic acids is 1. The zero-order valence-electron chi connectivity index (χ0n) is 12.2. The summed E-state index contributed by atoms with van der Waals surface area (Å²) in [6.07, 6.45) is 2.73. The summed E-state index contributed by atoms with van der Waals surface area (Å²) in [5.41, 5.74) is 1.71. The van der Waals surface area contributed by atoms with Gasteiger partial charge in [-0.1, -0.05) is 12.1 Å². The van der Waals surface area contributed by atoms with Crippen LogP contribution in [0.3, 0.4) is 0 Å². The Bertz CT molecular complexity index is 496. The molecule has 0 bridgehead atoms. The number of nitro groups is 1. The molecule has 1 aromatic carbocycles. The molecule has 0 saturated carbocycles. The van der Waals surface area contributed by atoms with E-state index in [1.54, 1.807) is 6.07 Å². The molecule has 0 amide bonds. The van der Waals surface area contributed by atoms with Crippen molar-refractivity contribution in [3.8, 4) is 0 Å². The first-order valence-electron chi connectivity index (χ1n) is 7.20. The van der Waals surface area contributed by atoms with E-state index in [4.69, 9.17) is 4.74 Å². The van der Waals surface area contributed by atoms with Crippen LogP contribution in [0.2, 0.25) is 0 Å². The van der Waals surface area contributed by atoms with Crippen LogP contribution in [0.25, 0.3) is 0 Å². The topological polar surface area (TPSA) is 72.7 Å². The standard InChI is InChI=1S/C15H20N2O4/c1-12(18)21-15(11-17(19)20)13-6-5-7-14(10-13)16-8-3-2-4-9-16/h5-7,10,15H,2-4,8-9,11H2,1H3. The van der Waals surface area contributed by atoms with Crippen molar-refractivity contribution in [3.63, 3.8) is 0 Å². The molecule has 2 rings (SSSR count). The zero-order chi connectivity index (χ0) is 15.2. The van der Waals surface area contributed by atoms with Gasteiger partial charge < -0.3 is 9.64 Å². The third-order valence-corrected chi connectivity index (χ3v) is 3.59. The van der Waals surface area contributed by atoms with E-state index in [2.05, 4.69) is 4.90 Å². The Labute approximate surface area is 123 Å². The van der Waals surface area contributed by atoms with E-state index in [1.807, 2.05) is 18.2 Å². The summed E-state index contributed by atoms with van der Waals surface area (Å²) in [6.45, 7) is 2.85. The third kappa shape index (κ3) is 4.44. The molecule has 1 fully saturated rings. The Morgan fingerprint density at radius 1 is 1.38 bits per heavy atom. The summed E-state index contributed by atoms with van der Waals surface area (Å²) in [5, 5.41) is 10.8. The Balaban J connectivity index is 2.19. The van der Waals surface area contributed by atoms with Crippen LogP contribution in [0, 0.1) is 10.1 Å². The monoisotopic (exact) mass is 292 g/mol. The zero-order valence-corrected chi connectivity index (χ0v) is 12.2. The third-order valence-electron chi connectivity index (χ3n) is 3.59. The van der Waals surface area contributed by atoms with Crippen molar-refractivity contribution in [2.45, 2.75) is 32.3 Å². The van der Waals surface area contributed by atoms with E-state index in [0.717, 1.165) is 31.6 Å². The van der Waals surface area contributed by atoms with Crippen LogP contribution in [0.5, 0.6) is 0 Å². The van der Waals surface area contributed by atoms with E-state index in [9.17, 15) is 14.9 Å². The fourth-order valence-corrected chi connectivity index (χ4v) is 2.62. The van der Waals surface area contributed by atoms with E-state index in [-0.39, 0.29) is 0 Å². The number of piperidine rings is 1. The van der Waals surface area contributed by atoms with E-state index in [1.165, 1.54) is 13.3 Å². The molecule has 1 atom stereocenters. The number of hydrogen-bond acceptors (Lipinski definition) is 5. The number of benzene rings is 1. The minimum Gasteiger partial charge on any atom is -0.451 e. The van der Waals surface area contributed by atoms with Crippen molar-refractivity contribution >= 4 is 11.7 Å². The summed E-state index contributed by atoms with van der Waals surface area (Å²) in [4.78, 5) is 23.7. The molecule has 0 radical (unpaired) electrons. The van der Waals surface area contributed by atoms with Crippen LogP contribution in [-0.4, -0.2) is 30.5 Å². The number of hydrogen-bond donors (Lipinski definition) is 0. The molecule has 1 unspecified atom stereocenters. The molecule has 1 aromatic rings. The molecule has 1 aliphatic rings. The van der Waals surface area contributed by atoms with Gasteiger partial charge in [0.25, 0.3) is 0 Å². The van der Waals surface area contributed by atoms with Gasteiger partial charge in [0.15, 0.2) is 6.10 Å². The number of ether oxygens (including phenoxy) is 1. The number of nitrogens with zero attached hydrogens (tertiary/aromatic N) is 2. The van der Waals surface area contributed by atoms with Gasteiger partial charge in [-0.05, 0) is 31.4 Å². The summed E-state index contributed by atoms with van der Waals surface area (Å²) in [6, 6.07) is 7.51. The lowest BCUT2D eigenvalue weighted by molar-refractivity contribution is -0.491. The quantitative estimate of drug-likeness (QED) is 0.474. The second-order valence-corrected chi connectivity index (χ2v) is 5.26. The molecule has 21 heavy (non-hydrogen) atoms. The molecule has 0 N–H and O–H groups in total. The van der Waals surface area contributed by atoms with Crippen LogP contribution >= 0.6 is 0 Å². The lowest BCUT2D eigenvalue weighted by Gasteiger charge is -2.29. The first-order valence-corrected chi connectivity index (χ1v) is 7.20. The predicted octanol–water partition coefficient (Wildman–Crippen LogP) is 2.56. The number of esters is 1. The lowest BCUT2D eigenvalue weighted by atomic mass is 10.1. The Morgan fingerprint density at radius 3 is 2.71 bits per heavy atom. The molecule has 0 aromatic heterocycles. The van der Waals surface area contributed by atoms with Gasteiger partial charge in [-0.2, -0.15) is 0 Å². The maximum absolute atomic E-state index is 11.1. The Morgan fingerprint density at radius 2 is 2.10 bits per heavy atom. The minimum absolute atomic E-state index is 0.414. The highest BCUT2D eigenvalue weighted by atomic mass is 16.6. The average molecular weight is 292 g/mol. The molecular formula is C15H20N2O4. The molecular weight excluding hydrogens is 272 g/mol. The maximum Gasteiger partial charge on any atom is 0.303 e. The van der Waals surface area contributed by atoms with Crippen molar-refractivity contribution in [1.29, 1.82) is 0 Å². The molecule has 6 heteroatoms. The fraction of sp³-hybridized carbons (Fsp3) is 0.533. The van der Waals surface area contributed by atoms with Gasteiger partial charge in [-0.15, -0.1) is 0 Å². The van der Waals surface area contributed by atoms with Crippen molar-refractivity contribution in [3.05, 3.63) is 39.9 Å². The van der Waals surface area contributed by atoms with E-state index < -0.39 is 23.5 Å². The van der Waals surface area contributed by atoms with Crippen LogP contribution in [0.1, 0.15) is 37.9 Å². The molecule has 6 nitrogen and oxygen atoms in total. The predicted molar refractivity (Wildman–Crippen MR) is 78.9 cm³/mol. The summed E-state index contributed by atoms with van der Waals surface area (Å²) < 4.78 is 5.09. The average Bonchev–Trinajstić information content (AvgIpc) is 2.47. The Kier molecular flexibility index (Phi) is 5.14. The second kappa shape index (κ2) is 7.06. The smallest absolute Gasteiger partial charge is 0.303 e. The summed E-state index contributed by atoms with van der Waals surface area (Å²) >= 11 is 0. The maximum atomic E-state index is 11.1. The number of carbonyl (C=O) groups is 1. The van der Waals surface area contributed by atoms with Crippen LogP contribution in [-0.2, 0) is 9.53 Å². The summed E-state index contributed by atoms with van der Waals surface area (Å²) in [7, 11) is 0. The van der Waals surface area contributed by atoms with Gasteiger partial charge in [0.1, 0.15) is 0 Å². The lowest BCUT2D eigenvalue weighted by Crippen LogP contribution is -2.29. The van der Waals surface area contributed by atoms with E-state index >= 15 is 0 Å². The van der Waals surface area contributed by atoms with Gasteiger partial charge in [0.2, 0.25) is 6.54 Å². The molecule has 0 spiro atoms. The molecule has 1 saturated heterocycles. The van der Waals surface area contributed by atoms with Gasteiger partial charge in [-0.25, -0.2) is 0 Å². The first-order chi connectivity index (χ1) is 10.1. The summed E-state index contributed by atoms with van der Waals surface area (Å²) in [5.74, 6) is -0.509. The van der Waals surface area contributed by atoms with Crippen LogP contribution in [0.4, 0.5) is 5.69 Å². The van der Waals surface area contributed by atoms with Crippen molar-refractivity contribution < 1.29 is 14.5 Å². The largest absolute Gasteiger partial charge is 0.451 e. The van der Waals surface area contributed by atoms with Crippen LogP contribution < -0.4 is 4.90 Å². The highest BCUT2D eigenvalue weighted by Gasteiger charge is 2.22. The second-order valence-electron chi connectivity index (χ2n) is 5.26. The molecule has 1 heterocycles. The van der Waals surface area contributed by atoms with E-state index in [0.29, 0.717) is 5.56 Å². The molecule has 1 aliphatic heterocycles. The van der Waals surface area contributed by atoms with Gasteiger partial charge >= 0.3 is 5.97 Å². The van der Waals surface area contributed by atoms with Gasteiger partial charge in [0, 0.05) is 36.2 Å². The Hall–Kier alpha value is -2.11. The highest BCUT2D eigenvalue weighted by molar-refractivity contribution is 5.66. The first kappa shape index (κ1) is 15.3. The number of anilines is 1. The van der Waals surface area contributed by atoms with Crippen molar-refractivity contribution in [2.75, 3.05) is 24.5 Å². The van der Waals surface area contributed by atoms with Gasteiger partial charge in [0.05, 0.1) is 0 Å². The molecule has 0 aliphatic carbocycles. The van der Waals surface area contributed by atoms with Crippen molar-refractivity contribution in [2.24, 2.45) is 0 Å². The highest BCUT2D eigenvalue weighted by Crippen LogP contribution is 2.25. The van der Waals surface area contributed by atoms with Crippen molar-refractivity contribution in [1.82, 2.24) is 0 Å². The minimum atomic E-state index is -0.831. The van der Waals surface area contributed by atoms with Crippen LogP contribution in [0.15, 0.2) is 24.3 Å². The normalized spacial score (nSPS) is 16.3. The molecule has 114 valence electrons. The SMILES string of the molecule is CC(=O)OC(C[N+](=O)[O-])c1cccc(N2CCCCC2)c1. The fourth-order valence-electron chi connectivity index (χ4n) is 2.62. The van der Waals surface area contributed by atoms with Gasteiger partial charge in [-0.3, -0.25) is 14.9 Å². The number of rotatable bonds is 5.